The zero-order valence-corrected chi connectivity index (χ0v) is 11.4. The van der Waals surface area contributed by atoms with E-state index in [2.05, 4.69) is 4.99 Å². The summed E-state index contributed by atoms with van der Waals surface area (Å²) >= 11 is 0. The van der Waals surface area contributed by atoms with E-state index in [4.69, 9.17) is 9.84 Å². The first-order valence-corrected chi connectivity index (χ1v) is 6.71. The number of dihydropyridines is 1. The highest BCUT2D eigenvalue weighted by Crippen LogP contribution is 2.36. The molecule has 0 aliphatic carbocycles. The molecule has 0 bridgehead atoms. The van der Waals surface area contributed by atoms with Crippen molar-refractivity contribution in [2.45, 2.75) is 12.1 Å². The van der Waals surface area contributed by atoms with Crippen molar-refractivity contribution >= 4 is 17.7 Å². The van der Waals surface area contributed by atoms with Gasteiger partial charge in [0.2, 0.25) is 0 Å². The molecule has 0 saturated carbocycles. The number of nitrogens with zero attached hydrogens (tertiary/aromatic N) is 1. The van der Waals surface area contributed by atoms with Crippen LogP contribution < -0.4 is 0 Å². The maximum atomic E-state index is 11.5. The summed E-state index contributed by atoms with van der Waals surface area (Å²) in [6.45, 7) is 0. The summed E-state index contributed by atoms with van der Waals surface area (Å²) in [6, 6.07) is 8.71. The second kappa shape index (κ2) is 5.48. The molecule has 2 aliphatic heterocycles. The second-order valence-electron chi connectivity index (χ2n) is 5.01. The van der Waals surface area contributed by atoms with E-state index in [1.54, 1.807) is 12.2 Å². The van der Waals surface area contributed by atoms with Crippen LogP contribution in [0.4, 0.5) is 0 Å². The third-order valence-electron chi connectivity index (χ3n) is 3.59. The largest absolute Gasteiger partial charge is 0.487 e. The van der Waals surface area contributed by atoms with E-state index in [0.717, 1.165) is 11.6 Å². The van der Waals surface area contributed by atoms with Crippen molar-refractivity contribution in [3.63, 3.8) is 0 Å². The second-order valence-corrected chi connectivity index (χ2v) is 5.01. The Morgan fingerprint density at radius 3 is 2.55 bits per heavy atom. The van der Waals surface area contributed by atoms with Crippen LogP contribution in [0.2, 0.25) is 0 Å². The number of ether oxygens (including phenoxy) is 1. The summed E-state index contributed by atoms with van der Waals surface area (Å²) in [5, 5.41) is 18.2. The summed E-state index contributed by atoms with van der Waals surface area (Å²) in [5.74, 6) is -3.55. The van der Waals surface area contributed by atoms with E-state index in [1.165, 1.54) is 0 Å². The normalized spacial score (nSPS) is 27.9. The van der Waals surface area contributed by atoms with Gasteiger partial charge in [-0.25, -0.2) is 4.79 Å². The number of carboxylic acids is 2. The number of hydrogen-bond donors (Lipinski definition) is 2. The fraction of sp³-hybridized carbons (Fsp3) is 0.188. The molecular formula is C16H13NO5. The molecule has 1 aromatic carbocycles. The number of rotatable bonds is 3. The van der Waals surface area contributed by atoms with Crippen LogP contribution in [0.1, 0.15) is 5.56 Å². The Balaban J connectivity index is 1.98. The van der Waals surface area contributed by atoms with Crippen LogP contribution in [0.15, 0.2) is 59.3 Å². The molecule has 0 unspecified atom stereocenters. The molecule has 22 heavy (non-hydrogen) atoms. The average molecular weight is 299 g/mol. The Labute approximate surface area is 126 Å². The Bertz CT molecular complexity index is 705. The van der Waals surface area contributed by atoms with Crippen molar-refractivity contribution in [1.29, 1.82) is 0 Å². The number of aliphatic carboxylic acids is 2. The van der Waals surface area contributed by atoms with Gasteiger partial charge in [0.25, 0.3) is 0 Å². The van der Waals surface area contributed by atoms with Gasteiger partial charge in [-0.2, -0.15) is 0 Å². The summed E-state index contributed by atoms with van der Waals surface area (Å²) in [4.78, 5) is 26.8. The highest BCUT2D eigenvalue weighted by molar-refractivity contribution is 6.09. The fourth-order valence-corrected chi connectivity index (χ4v) is 2.64. The summed E-state index contributed by atoms with van der Waals surface area (Å²) in [5.41, 5.74) is 1.53. The minimum absolute atomic E-state index is 0.0716. The molecule has 2 N–H and O–H groups in total. The van der Waals surface area contributed by atoms with Crippen molar-refractivity contribution in [1.82, 2.24) is 0 Å². The summed E-state index contributed by atoms with van der Waals surface area (Å²) < 4.78 is 5.44. The predicted molar refractivity (Wildman–Crippen MR) is 77.6 cm³/mol. The molecule has 2 heterocycles. The number of aliphatic imine (C=N–C) groups is 1. The van der Waals surface area contributed by atoms with Crippen molar-refractivity contribution in [2.75, 3.05) is 0 Å². The summed E-state index contributed by atoms with van der Waals surface area (Å²) in [7, 11) is 0. The molecule has 1 saturated heterocycles. The number of carbonyl (C=O) groups is 2. The van der Waals surface area contributed by atoms with Gasteiger partial charge < -0.3 is 14.9 Å². The van der Waals surface area contributed by atoms with Gasteiger partial charge in [-0.15, -0.1) is 0 Å². The van der Waals surface area contributed by atoms with E-state index in [9.17, 15) is 14.7 Å². The predicted octanol–water partition coefficient (Wildman–Crippen LogP) is 1.48. The third-order valence-corrected chi connectivity index (χ3v) is 3.59. The van der Waals surface area contributed by atoms with E-state index in [0.29, 0.717) is 5.71 Å². The number of hydrogen-bond acceptors (Lipinski definition) is 4. The lowest BCUT2D eigenvalue weighted by Gasteiger charge is -2.18. The quantitative estimate of drug-likeness (QED) is 0.824. The fourth-order valence-electron chi connectivity index (χ4n) is 2.64. The van der Waals surface area contributed by atoms with Crippen LogP contribution in [0.5, 0.6) is 0 Å². The lowest BCUT2D eigenvalue weighted by atomic mass is 9.93. The van der Waals surface area contributed by atoms with Crippen LogP contribution in [0, 0.1) is 5.92 Å². The van der Waals surface area contributed by atoms with Crippen molar-refractivity contribution < 1.29 is 24.5 Å². The number of allylic oxidation sites excluding steroid dienone is 1. The SMILES string of the molecule is O=C(O)/C=C1\O[C@H]2C=CC(c3ccccc3)=N[C@H]2[C@@H]1C(=O)O. The zero-order chi connectivity index (χ0) is 15.7. The van der Waals surface area contributed by atoms with Gasteiger partial charge in [-0.05, 0) is 17.7 Å². The van der Waals surface area contributed by atoms with Crippen LogP contribution in [-0.2, 0) is 14.3 Å². The maximum Gasteiger partial charge on any atom is 0.331 e. The highest BCUT2D eigenvalue weighted by atomic mass is 16.5. The van der Waals surface area contributed by atoms with Crippen LogP contribution in [-0.4, -0.2) is 40.0 Å². The number of carboxylic acid groups (broad SMARTS) is 2. The van der Waals surface area contributed by atoms with Crippen LogP contribution in [0.25, 0.3) is 0 Å². The molecule has 2 aliphatic rings. The summed E-state index contributed by atoms with van der Waals surface area (Å²) in [6.07, 6.45) is 3.72. The minimum Gasteiger partial charge on any atom is -0.487 e. The smallest absolute Gasteiger partial charge is 0.331 e. The monoisotopic (exact) mass is 299 g/mol. The van der Waals surface area contributed by atoms with Gasteiger partial charge in [0, 0.05) is 0 Å². The van der Waals surface area contributed by atoms with Crippen molar-refractivity contribution in [2.24, 2.45) is 10.9 Å². The Kier molecular flexibility index (Phi) is 3.50. The zero-order valence-electron chi connectivity index (χ0n) is 11.4. The van der Waals surface area contributed by atoms with E-state index >= 15 is 0 Å². The molecule has 1 fully saturated rings. The molecule has 0 amide bonds. The Hall–Kier alpha value is -2.89. The van der Waals surface area contributed by atoms with Crippen molar-refractivity contribution in [3.8, 4) is 0 Å². The van der Waals surface area contributed by atoms with Gasteiger partial charge in [-0.1, -0.05) is 30.3 Å². The van der Waals surface area contributed by atoms with Gasteiger partial charge in [0.05, 0.1) is 11.8 Å². The van der Waals surface area contributed by atoms with E-state index < -0.39 is 30.0 Å². The molecule has 6 nitrogen and oxygen atoms in total. The topological polar surface area (TPSA) is 96.2 Å². The molecule has 0 radical (unpaired) electrons. The first-order chi connectivity index (χ1) is 10.6. The average Bonchev–Trinajstić information content (AvgIpc) is 2.84. The lowest BCUT2D eigenvalue weighted by Crippen LogP contribution is -2.31. The molecule has 1 aromatic rings. The molecule has 6 heteroatoms. The van der Waals surface area contributed by atoms with Crippen LogP contribution in [0.3, 0.4) is 0 Å². The molecular weight excluding hydrogens is 286 g/mol. The third kappa shape index (κ3) is 2.50. The molecule has 112 valence electrons. The minimum atomic E-state index is -1.24. The standard InChI is InChI=1S/C16H13NO5/c18-13(19)8-12-14(16(20)21)15-11(22-12)7-6-10(17-15)9-4-2-1-3-5-9/h1-8,11,14-15H,(H,18,19)(H,20,21)/b12-8-/t11-,14+,15+/m0/s1. The first kappa shape index (κ1) is 14.1. The van der Waals surface area contributed by atoms with Gasteiger partial charge in [-0.3, -0.25) is 9.79 Å². The molecule has 3 atom stereocenters. The highest BCUT2D eigenvalue weighted by Gasteiger charge is 2.46. The van der Waals surface area contributed by atoms with Crippen LogP contribution >= 0.6 is 0 Å². The Morgan fingerprint density at radius 1 is 1.18 bits per heavy atom. The van der Waals surface area contributed by atoms with E-state index in [1.807, 2.05) is 30.3 Å². The number of benzene rings is 1. The number of fused-ring (bicyclic) bond motifs is 1. The Morgan fingerprint density at radius 2 is 1.91 bits per heavy atom. The lowest BCUT2D eigenvalue weighted by molar-refractivity contribution is -0.140. The molecule has 0 spiro atoms. The van der Waals surface area contributed by atoms with Gasteiger partial charge >= 0.3 is 11.9 Å². The van der Waals surface area contributed by atoms with Crippen molar-refractivity contribution in [3.05, 3.63) is 59.9 Å². The van der Waals surface area contributed by atoms with E-state index in [-0.39, 0.29) is 5.76 Å². The maximum absolute atomic E-state index is 11.5. The van der Waals surface area contributed by atoms with Gasteiger partial charge in [0.15, 0.2) is 0 Å². The molecule has 3 rings (SSSR count). The van der Waals surface area contributed by atoms with Gasteiger partial charge in [0.1, 0.15) is 23.8 Å². The molecule has 0 aromatic heterocycles. The first-order valence-electron chi connectivity index (χ1n) is 6.71.